The maximum absolute atomic E-state index is 12.0. The molecule has 4 nitrogen and oxygen atoms in total. The Labute approximate surface area is 109 Å². The van der Waals surface area contributed by atoms with Crippen LogP contribution in [0.15, 0.2) is 24.3 Å². The van der Waals surface area contributed by atoms with Crippen LogP contribution in [0.2, 0.25) is 0 Å². The van der Waals surface area contributed by atoms with Gasteiger partial charge < -0.3 is 15.5 Å². The normalized spacial score (nSPS) is 10.2. The Morgan fingerprint density at radius 3 is 2.33 bits per heavy atom. The molecule has 0 atom stereocenters. The van der Waals surface area contributed by atoms with Crippen LogP contribution in [0.4, 0.5) is 11.4 Å². The molecule has 4 heteroatoms. The minimum atomic E-state index is 0.141. The van der Waals surface area contributed by atoms with E-state index < -0.39 is 0 Å². The van der Waals surface area contributed by atoms with Gasteiger partial charge in [0.15, 0.2) is 0 Å². The molecule has 1 rings (SSSR count). The molecule has 0 aliphatic heterocycles. The summed E-state index contributed by atoms with van der Waals surface area (Å²) in [5.41, 5.74) is 7.47. The standard InChI is InChI=1S/C14H23N3O/c1-4-10-17(11-14(18)16(3)5-2)13-8-6-12(15)7-9-13/h6-9H,4-5,10-11,15H2,1-3H3. The lowest BCUT2D eigenvalue weighted by molar-refractivity contribution is -0.128. The monoisotopic (exact) mass is 249 g/mol. The minimum absolute atomic E-state index is 0.141. The van der Waals surface area contributed by atoms with Crippen molar-refractivity contribution in [3.63, 3.8) is 0 Å². The summed E-state index contributed by atoms with van der Waals surface area (Å²) >= 11 is 0. The minimum Gasteiger partial charge on any atom is -0.399 e. The summed E-state index contributed by atoms with van der Waals surface area (Å²) in [4.78, 5) is 15.8. The number of rotatable bonds is 6. The Kier molecular flexibility index (Phi) is 5.49. The summed E-state index contributed by atoms with van der Waals surface area (Å²) in [6.45, 7) is 6.11. The zero-order chi connectivity index (χ0) is 13.5. The highest BCUT2D eigenvalue weighted by Gasteiger charge is 2.13. The van der Waals surface area contributed by atoms with Gasteiger partial charge in [-0.15, -0.1) is 0 Å². The van der Waals surface area contributed by atoms with Gasteiger partial charge in [0.2, 0.25) is 5.91 Å². The Morgan fingerprint density at radius 2 is 1.83 bits per heavy atom. The molecule has 0 saturated heterocycles. The lowest BCUT2D eigenvalue weighted by atomic mass is 10.2. The molecule has 0 fully saturated rings. The molecule has 0 heterocycles. The van der Waals surface area contributed by atoms with Crippen molar-refractivity contribution in [1.29, 1.82) is 0 Å². The van der Waals surface area contributed by atoms with Crippen molar-refractivity contribution in [2.45, 2.75) is 20.3 Å². The van der Waals surface area contributed by atoms with Gasteiger partial charge in [0.1, 0.15) is 0 Å². The Bertz CT molecular complexity index is 375. The fourth-order valence-electron chi connectivity index (χ4n) is 1.71. The summed E-state index contributed by atoms with van der Waals surface area (Å²) in [6.07, 6.45) is 1.01. The van der Waals surface area contributed by atoms with Gasteiger partial charge in [0, 0.05) is 31.5 Å². The zero-order valence-electron chi connectivity index (χ0n) is 11.5. The van der Waals surface area contributed by atoms with Gasteiger partial charge in [-0.3, -0.25) is 4.79 Å². The Hall–Kier alpha value is -1.71. The molecule has 0 aliphatic rings. The molecule has 1 amide bonds. The second kappa shape index (κ2) is 6.89. The summed E-state index contributed by atoms with van der Waals surface area (Å²) in [5.74, 6) is 0.141. The van der Waals surface area contributed by atoms with E-state index in [1.54, 1.807) is 4.90 Å². The first-order chi connectivity index (χ1) is 8.58. The van der Waals surface area contributed by atoms with Crippen LogP contribution in [0, 0.1) is 0 Å². The predicted octanol–water partition coefficient (Wildman–Crippen LogP) is 1.96. The molecule has 0 unspecified atom stereocenters. The van der Waals surface area contributed by atoms with Crippen molar-refractivity contribution in [2.24, 2.45) is 0 Å². The lowest BCUT2D eigenvalue weighted by Gasteiger charge is -2.26. The van der Waals surface area contributed by atoms with Crippen molar-refractivity contribution < 1.29 is 4.79 Å². The van der Waals surface area contributed by atoms with Crippen molar-refractivity contribution in [1.82, 2.24) is 4.90 Å². The molecule has 0 aromatic heterocycles. The number of likely N-dealkylation sites (N-methyl/N-ethyl adjacent to an activating group) is 1. The number of carbonyl (C=O) groups excluding carboxylic acids is 1. The average Bonchev–Trinajstić information content (AvgIpc) is 2.38. The maximum Gasteiger partial charge on any atom is 0.241 e. The van der Waals surface area contributed by atoms with Gasteiger partial charge in [0.05, 0.1) is 6.54 Å². The van der Waals surface area contributed by atoms with Gasteiger partial charge >= 0.3 is 0 Å². The van der Waals surface area contributed by atoms with Crippen molar-refractivity contribution in [3.05, 3.63) is 24.3 Å². The summed E-state index contributed by atoms with van der Waals surface area (Å²) < 4.78 is 0. The third kappa shape index (κ3) is 3.95. The summed E-state index contributed by atoms with van der Waals surface area (Å²) in [5, 5.41) is 0. The van der Waals surface area contributed by atoms with Crippen LogP contribution in [0.25, 0.3) is 0 Å². The molecule has 2 N–H and O–H groups in total. The molecule has 0 radical (unpaired) electrons. The molecular formula is C14H23N3O. The van der Waals surface area contributed by atoms with E-state index in [-0.39, 0.29) is 5.91 Å². The number of nitrogens with two attached hydrogens (primary N) is 1. The molecule has 0 spiro atoms. The van der Waals surface area contributed by atoms with Crippen LogP contribution >= 0.6 is 0 Å². The van der Waals surface area contributed by atoms with Crippen LogP contribution in [-0.4, -0.2) is 37.5 Å². The van der Waals surface area contributed by atoms with Crippen LogP contribution in [0.3, 0.4) is 0 Å². The van der Waals surface area contributed by atoms with Crippen molar-refractivity contribution >= 4 is 17.3 Å². The van der Waals surface area contributed by atoms with Crippen LogP contribution in [0.1, 0.15) is 20.3 Å². The van der Waals surface area contributed by atoms with Gasteiger partial charge in [-0.1, -0.05) is 6.92 Å². The third-order valence-electron chi connectivity index (χ3n) is 2.98. The van der Waals surface area contributed by atoms with E-state index in [0.717, 1.165) is 30.9 Å². The molecule has 0 saturated carbocycles. The molecule has 1 aromatic carbocycles. The van der Waals surface area contributed by atoms with Gasteiger partial charge in [-0.25, -0.2) is 0 Å². The van der Waals surface area contributed by atoms with Crippen molar-refractivity contribution in [2.75, 3.05) is 37.3 Å². The summed E-state index contributed by atoms with van der Waals surface area (Å²) in [6, 6.07) is 7.66. The van der Waals surface area contributed by atoms with Crippen LogP contribution in [0.5, 0.6) is 0 Å². The molecule has 0 aliphatic carbocycles. The second-order valence-electron chi connectivity index (χ2n) is 4.42. The first-order valence-electron chi connectivity index (χ1n) is 6.43. The van der Waals surface area contributed by atoms with E-state index in [4.69, 9.17) is 5.73 Å². The molecule has 18 heavy (non-hydrogen) atoms. The topological polar surface area (TPSA) is 49.6 Å². The maximum atomic E-state index is 12.0. The molecule has 100 valence electrons. The van der Waals surface area contributed by atoms with Gasteiger partial charge in [0.25, 0.3) is 0 Å². The fourth-order valence-corrected chi connectivity index (χ4v) is 1.71. The van der Waals surface area contributed by atoms with Gasteiger partial charge in [-0.2, -0.15) is 0 Å². The number of amides is 1. The number of nitrogens with zero attached hydrogens (tertiary/aromatic N) is 2. The van der Waals surface area contributed by atoms with E-state index in [1.165, 1.54) is 0 Å². The highest BCUT2D eigenvalue weighted by atomic mass is 16.2. The lowest BCUT2D eigenvalue weighted by Crippen LogP contribution is -2.38. The largest absolute Gasteiger partial charge is 0.399 e. The smallest absolute Gasteiger partial charge is 0.241 e. The van der Waals surface area contributed by atoms with E-state index in [0.29, 0.717) is 6.54 Å². The SMILES string of the molecule is CCCN(CC(=O)N(C)CC)c1ccc(N)cc1. The van der Waals surface area contributed by atoms with Crippen molar-refractivity contribution in [3.8, 4) is 0 Å². The van der Waals surface area contributed by atoms with Crippen LogP contribution < -0.4 is 10.6 Å². The van der Waals surface area contributed by atoms with E-state index in [1.807, 2.05) is 38.2 Å². The van der Waals surface area contributed by atoms with E-state index in [2.05, 4.69) is 11.8 Å². The van der Waals surface area contributed by atoms with E-state index >= 15 is 0 Å². The van der Waals surface area contributed by atoms with E-state index in [9.17, 15) is 4.79 Å². The number of benzene rings is 1. The Morgan fingerprint density at radius 1 is 1.22 bits per heavy atom. The van der Waals surface area contributed by atoms with Gasteiger partial charge in [-0.05, 0) is 37.6 Å². The van der Waals surface area contributed by atoms with Crippen LogP contribution in [-0.2, 0) is 4.79 Å². The summed E-state index contributed by atoms with van der Waals surface area (Å²) in [7, 11) is 1.83. The fraction of sp³-hybridized carbons (Fsp3) is 0.500. The number of anilines is 2. The first kappa shape index (κ1) is 14.4. The Balaban J connectivity index is 2.76. The number of hydrogen-bond acceptors (Lipinski definition) is 3. The highest BCUT2D eigenvalue weighted by Crippen LogP contribution is 2.16. The molecular weight excluding hydrogens is 226 g/mol. The zero-order valence-corrected chi connectivity index (χ0v) is 11.5. The molecule has 1 aromatic rings. The number of nitrogen functional groups attached to an aromatic ring is 1. The number of hydrogen-bond donors (Lipinski definition) is 1. The molecule has 0 bridgehead atoms. The average molecular weight is 249 g/mol. The number of carbonyl (C=O) groups is 1. The quantitative estimate of drug-likeness (QED) is 0.784. The first-order valence-corrected chi connectivity index (χ1v) is 6.43. The second-order valence-corrected chi connectivity index (χ2v) is 4.42. The third-order valence-corrected chi connectivity index (χ3v) is 2.98. The predicted molar refractivity (Wildman–Crippen MR) is 76.7 cm³/mol. The highest BCUT2D eigenvalue weighted by molar-refractivity contribution is 5.81.